The van der Waals surface area contributed by atoms with Crippen molar-refractivity contribution in [2.24, 2.45) is 0 Å². The number of aryl methyl sites for hydroxylation is 2. The summed E-state index contributed by atoms with van der Waals surface area (Å²) in [5.41, 5.74) is 2.69. The van der Waals surface area contributed by atoms with E-state index in [1.807, 2.05) is 22.3 Å². The average Bonchev–Trinajstić information content (AvgIpc) is 3.17. The number of anilines is 1. The Balaban J connectivity index is 1.53. The van der Waals surface area contributed by atoms with Gasteiger partial charge in [0.1, 0.15) is 16.5 Å². The lowest BCUT2D eigenvalue weighted by Gasteiger charge is -2.35. The molecule has 1 aromatic carbocycles. The maximum absolute atomic E-state index is 12.0. The van der Waals surface area contributed by atoms with E-state index in [9.17, 15) is 4.79 Å². The van der Waals surface area contributed by atoms with E-state index in [4.69, 9.17) is 9.97 Å². The van der Waals surface area contributed by atoms with Gasteiger partial charge in [-0.2, -0.15) is 0 Å². The zero-order valence-electron chi connectivity index (χ0n) is 17.1. The number of benzene rings is 1. The molecule has 0 radical (unpaired) electrons. The second-order valence-corrected chi connectivity index (χ2v) is 9.12. The van der Waals surface area contributed by atoms with Crippen LogP contribution in [0, 0.1) is 0 Å². The van der Waals surface area contributed by atoms with Crippen LogP contribution < -0.4 is 4.90 Å². The summed E-state index contributed by atoms with van der Waals surface area (Å²) in [4.78, 5) is 28.9. The second-order valence-electron chi connectivity index (χ2n) is 8.03. The zero-order valence-corrected chi connectivity index (χ0v) is 18.0. The molecular formula is C24H26N4OS. The number of carbonyl (C=O) groups excluding carboxylic acids is 1. The van der Waals surface area contributed by atoms with Crippen LogP contribution in [-0.4, -0.2) is 47.0 Å². The molecule has 0 saturated carbocycles. The quantitative estimate of drug-likeness (QED) is 0.601. The Labute approximate surface area is 181 Å². The van der Waals surface area contributed by atoms with Gasteiger partial charge in [-0.3, -0.25) is 4.79 Å². The second kappa shape index (κ2) is 8.19. The van der Waals surface area contributed by atoms with E-state index in [1.165, 1.54) is 40.3 Å². The molecule has 2 aliphatic rings. The smallest absolute Gasteiger partial charge is 0.246 e. The molecule has 5 nitrogen and oxygen atoms in total. The molecule has 1 amide bonds. The van der Waals surface area contributed by atoms with Crippen molar-refractivity contribution in [3.8, 4) is 0 Å². The normalized spacial score (nSPS) is 16.5. The third kappa shape index (κ3) is 3.60. The Hall–Kier alpha value is -2.73. The highest BCUT2D eigenvalue weighted by atomic mass is 32.1. The molecule has 6 heteroatoms. The first-order valence-electron chi connectivity index (χ1n) is 10.7. The minimum absolute atomic E-state index is 0.0140. The van der Waals surface area contributed by atoms with Crippen LogP contribution in [0.3, 0.4) is 0 Å². The van der Waals surface area contributed by atoms with Gasteiger partial charge in [-0.15, -0.1) is 11.3 Å². The highest BCUT2D eigenvalue weighted by Crippen LogP contribution is 2.40. The maximum Gasteiger partial charge on any atom is 0.246 e. The molecule has 5 rings (SSSR count). The van der Waals surface area contributed by atoms with Crippen LogP contribution in [0.4, 0.5) is 5.82 Å². The van der Waals surface area contributed by atoms with Crippen LogP contribution in [0.15, 0.2) is 43.0 Å². The first-order chi connectivity index (χ1) is 14.7. The highest BCUT2D eigenvalue weighted by Gasteiger charge is 2.27. The SMILES string of the molecule is C=CC(=O)N1CCN(c2nc(Cc3ccccc3)nc3sc4c(c23)CCCC4)CC1. The van der Waals surface area contributed by atoms with Gasteiger partial charge in [0.25, 0.3) is 0 Å². The Morgan fingerprint density at radius 3 is 2.60 bits per heavy atom. The number of hydrogen-bond donors (Lipinski definition) is 0. The van der Waals surface area contributed by atoms with E-state index in [0.717, 1.165) is 48.8 Å². The van der Waals surface area contributed by atoms with Crippen molar-refractivity contribution in [2.45, 2.75) is 32.1 Å². The fourth-order valence-corrected chi connectivity index (χ4v) is 5.81. The van der Waals surface area contributed by atoms with Gasteiger partial charge in [-0.1, -0.05) is 36.9 Å². The molecule has 0 unspecified atom stereocenters. The molecule has 1 aliphatic carbocycles. The van der Waals surface area contributed by atoms with Crippen LogP contribution in [-0.2, 0) is 24.1 Å². The molecule has 0 spiro atoms. The van der Waals surface area contributed by atoms with Gasteiger partial charge in [-0.25, -0.2) is 9.97 Å². The molecule has 1 aliphatic heterocycles. The Morgan fingerprint density at radius 2 is 1.83 bits per heavy atom. The Bertz CT molecular complexity index is 1080. The monoisotopic (exact) mass is 418 g/mol. The Kier molecular flexibility index (Phi) is 5.25. The van der Waals surface area contributed by atoms with Gasteiger partial charge < -0.3 is 9.80 Å². The number of amides is 1. The van der Waals surface area contributed by atoms with E-state index in [-0.39, 0.29) is 5.91 Å². The first-order valence-corrected chi connectivity index (χ1v) is 11.6. The topological polar surface area (TPSA) is 49.3 Å². The molecule has 2 aromatic heterocycles. The number of thiophene rings is 1. The molecule has 154 valence electrons. The lowest BCUT2D eigenvalue weighted by atomic mass is 9.96. The Morgan fingerprint density at radius 1 is 1.07 bits per heavy atom. The molecule has 0 N–H and O–H groups in total. The molecule has 3 aromatic rings. The fourth-order valence-electron chi connectivity index (χ4n) is 4.54. The van der Waals surface area contributed by atoms with Crippen molar-refractivity contribution >= 4 is 33.3 Å². The van der Waals surface area contributed by atoms with Crippen LogP contribution in [0.2, 0.25) is 0 Å². The summed E-state index contributed by atoms with van der Waals surface area (Å²) in [7, 11) is 0. The summed E-state index contributed by atoms with van der Waals surface area (Å²) < 4.78 is 0. The largest absolute Gasteiger partial charge is 0.352 e. The van der Waals surface area contributed by atoms with Gasteiger partial charge in [0, 0.05) is 37.5 Å². The van der Waals surface area contributed by atoms with Crippen molar-refractivity contribution < 1.29 is 4.79 Å². The van der Waals surface area contributed by atoms with Crippen LogP contribution in [0.5, 0.6) is 0 Å². The van der Waals surface area contributed by atoms with E-state index in [1.54, 1.807) is 0 Å². The van der Waals surface area contributed by atoms with E-state index in [0.29, 0.717) is 13.1 Å². The van der Waals surface area contributed by atoms with E-state index < -0.39 is 0 Å². The van der Waals surface area contributed by atoms with Gasteiger partial charge in [0.2, 0.25) is 5.91 Å². The number of piperazine rings is 1. The van der Waals surface area contributed by atoms with Gasteiger partial charge in [0.05, 0.1) is 5.39 Å². The minimum Gasteiger partial charge on any atom is -0.352 e. The molecule has 1 fully saturated rings. The molecule has 3 heterocycles. The predicted octanol–water partition coefficient (Wildman–Crippen LogP) is 4.00. The van der Waals surface area contributed by atoms with Crippen molar-refractivity contribution in [1.29, 1.82) is 0 Å². The van der Waals surface area contributed by atoms with Crippen molar-refractivity contribution in [2.75, 3.05) is 31.1 Å². The van der Waals surface area contributed by atoms with Gasteiger partial charge in [0.15, 0.2) is 0 Å². The predicted molar refractivity (Wildman–Crippen MR) is 122 cm³/mol. The summed E-state index contributed by atoms with van der Waals surface area (Å²) in [5, 5.41) is 1.26. The molecule has 0 bridgehead atoms. The summed E-state index contributed by atoms with van der Waals surface area (Å²) in [6, 6.07) is 10.4. The van der Waals surface area contributed by atoms with Gasteiger partial charge >= 0.3 is 0 Å². The number of rotatable bonds is 4. The first kappa shape index (κ1) is 19.2. The molecule has 1 saturated heterocycles. The van der Waals surface area contributed by atoms with Gasteiger partial charge in [-0.05, 0) is 42.9 Å². The van der Waals surface area contributed by atoms with Crippen LogP contribution in [0.25, 0.3) is 10.2 Å². The third-order valence-electron chi connectivity index (χ3n) is 6.11. The number of hydrogen-bond acceptors (Lipinski definition) is 5. The number of aromatic nitrogens is 2. The van der Waals surface area contributed by atoms with E-state index in [2.05, 4.69) is 35.7 Å². The molecular weight excluding hydrogens is 392 g/mol. The van der Waals surface area contributed by atoms with E-state index >= 15 is 0 Å². The summed E-state index contributed by atoms with van der Waals surface area (Å²) in [6.45, 7) is 6.62. The standard InChI is InChI=1S/C24H26N4OS/c1-2-21(29)27-12-14-28(15-13-27)23-22-18-10-6-7-11-19(18)30-24(22)26-20(25-23)16-17-8-4-3-5-9-17/h2-5,8-9H,1,6-7,10-16H2. The number of carbonyl (C=O) groups is 1. The van der Waals surface area contributed by atoms with Crippen molar-refractivity contribution in [3.05, 3.63) is 64.8 Å². The van der Waals surface area contributed by atoms with Crippen LogP contribution >= 0.6 is 11.3 Å². The van der Waals surface area contributed by atoms with Crippen molar-refractivity contribution in [1.82, 2.24) is 14.9 Å². The number of fused-ring (bicyclic) bond motifs is 3. The molecule has 30 heavy (non-hydrogen) atoms. The molecule has 0 atom stereocenters. The minimum atomic E-state index is 0.0140. The maximum atomic E-state index is 12.0. The summed E-state index contributed by atoms with van der Waals surface area (Å²) in [6.07, 6.45) is 6.94. The lowest BCUT2D eigenvalue weighted by molar-refractivity contribution is -0.126. The summed E-state index contributed by atoms with van der Waals surface area (Å²) >= 11 is 1.86. The highest BCUT2D eigenvalue weighted by molar-refractivity contribution is 7.19. The summed E-state index contributed by atoms with van der Waals surface area (Å²) in [5.74, 6) is 1.96. The fraction of sp³-hybridized carbons (Fsp3) is 0.375. The lowest BCUT2D eigenvalue weighted by Crippen LogP contribution is -2.48. The van der Waals surface area contributed by atoms with Crippen LogP contribution in [0.1, 0.15) is 34.7 Å². The average molecular weight is 419 g/mol. The zero-order chi connectivity index (χ0) is 20.5. The number of nitrogens with zero attached hydrogens (tertiary/aromatic N) is 4. The van der Waals surface area contributed by atoms with Crippen molar-refractivity contribution in [3.63, 3.8) is 0 Å². The third-order valence-corrected chi connectivity index (χ3v) is 7.30.